The minimum atomic E-state index is -0.0306. The summed E-state index contributed by atoms with van der Waals surface area (Å²) in [6, 6.07) is 0.391. The van der Waals surface area contributed by atoms with Crippen molar-refractivity contribution in [1.82, 2.24) is 5.32 Å². The molecule has 1 saturated carbocycles. The van der Waals surface area contributed by atoms with Gasteiger partial charge in [0.15, 0.2) is 0 Å². The van der Waals surface area contributed by atoms with E-state index >= 15 is 0 Å². The summed E-state index contributed by atoms with van der Waals surface area (Å²) in [6.45, 7) is 1.10. The summed E-state index contributed by atoms with van der Waals surface area (Å²) in [5.74, 6) is 0.804. The normalized spacial score (nSPS) is 36.5. The van der Waals surface area contributed by atoms with Crippen LogP contribution in [0.5, 0.6) is 0 Å². The van der Waals surface area contributed by atoms with Crippen molar-refractivity contribution in [3.8, 4) is 0 Å². The number of fused-ring (bicyclic) bond motifs is 3. The zero-order valence-corrected chi connectivity index (χ0v) is 8.60. The number of nitrogens with one attached hydrogen (secondary N) is 1. The van der Waals surface area contributed by atoms with Gasteiger partial charge in [-0.25, -0.2) is 0 Å². The molecule has 3 atom stereocenters. The molecule has 0 aromatic rings. The molecule has 3 aliphatic rings. The Labute approximate surface area is 84.6 Å². The van der Waals surface area contributed by atoms with E-state index in [2.05, 4.69) is 5.32 Å². The number of piperidine rings is 2. The first-order valence-electron chi connectivity index (χ1n) is 4.62. The van der Waals surface area contributed by atoms with Gasteiger partial charge in [0.25, 0.3) is 0 Å². The third kappa shape index (κ3) is 1.97. The van der Waals surface area contributed by atoms with Crippen LogP contribution in [0.3, 0.4) is 0 Å². The highest BCUT2D eigenvalue weighted by atomic mass is 35.5. The lowest BCUT2D eigenvalue weighted by Gasteiger charge is -2.41. The molecule has 3 fully saturated rings. The van der Waals surface area contributed by atoms with Crippen LogP contribution in [0.15, 0.2) is 0 Å². The Balaban J connectivity index is 0.000000845. The molecule has 0 spiro atoms. The Hall–Kier alpha value is -0.280. The zero-order valence-electron chi connectivity index (χ0n) is 7.79. The maximum Gasteiger partial charge on any atom is 0.310 e. The molecule has 2 heterocycles. The van der Waals surface area contributed by atoms with E-state index in [-0.39, 0.29) is 24.3 Å². The van der Waals surface area contributed by atoms with Gasteiger partial charge in [0.1, 0.15) is 0 Å². The number of methoxy groups -OCH3 is 1. The SMILES string of the molecule is COC(=O)[C@@H]1C[C@H]2CC[C@@H]1NC2.Cl. The summed E-state index contributed by atoms with van der Waals surface area (Å²) >= 11 is 0. The number of carbonyl (C=O) groups excluding carboxylic acids is 1. The van der Waals surface area contributed by atoms with Crippen LogP contribution < -0.4 is 5.32 Å². The quantitative estimate of drug-likeness (QED) is 0.649. The average molecular weight is 206 g/mol. The van der Waals surface area contributed by atoms with Crippen molar-refractivity contribution in [3.05, 3.63) is 0 Å². The van der Waals surface area contributed by atoms with Crippen molar-refractivity contribution in [2.75, 3.05) is 13.7 Å². The van der Waals surface area contributed by atoms with Crippen molar-refractivity contribution in [3.63, 3.8) is 0 Å². The summed E-state index contributed by atoms with van der Waals surface area (Å²) in [6.07, 6.45) is 3.46. The standard InChI is InChI=1S/C9H15NO2.ClH/c1-12-9(11)7-4-6-2-3-8(7)10-5-6;/h6-8,10H,2-5H2,1H3;1H/t6-,7-,8+;/m1./s1. The molecule has 1 N–H and O–H groups in total. The first-order valence-corrected chi connectivity index (χ1v) is 4.62. The van der Waals surface area contributed by atoms with E-state index in [4.69, 9.17) is 4.74 Å². The van der Waals surface area contributed by atoms with Crippen LogP contribution in [0, 0.1) is 11.8 Å². The Morgan fingerprint density at radius 1 is 1.46 bits per heavy atom. The number of ether oxygens (including phenoxy) is 1. The lowest BCUT2D eigenvalue weighted by atomic mass is 9.74. The van der Waals surface area contributed by atoms with Gasteiger partial charge in [0, 0.05) is 6.04 Å². The molecule has 3 nitrogen and oxygen atoms in total. The van der Waals surface area contributed by atoms with Crippen molar-refractivity contribution in [2.45, 2.75) is 25.3 Å². The van der Waals surface area contributed by atoms with Crippen molar-refractivity contribution in [2.24, 2.45) is 11.8 Å². The summed E-state index contributed by atoms with van der Waals surface area (Å²) in [7, 11) is 1.48. The molecule has 4 heteroatoms. The second kappa shape index (κ2) is 4.29. The lowest BCUT2D eigenvalue weighted by Crippen LogP contribution is -2.52. The van der Waals surface area contributed by atoms with Gasteiger partial charge in [-0.1, -0.05) is 0 Å². The van der Waals surface area contributed by atoms with E-state index in [1.54, 1.807) is 0 Å². The van der Waals surface area contributed by atoms with Gasteiger partial charge in [-0.2, -0.15) is 0 Å². The van der Waals surface area contributed by atoms with Crippen LogP contribution in [0.4, 0.5) is 0 Å². The molecule has 0 aromatic carbocycles. The maximum absolute atomic E-state index is 11.3. The van der Waals surface area contributed by atoms with Gasteiger partial charge >= 0.3 is 5.97 Å². The fraction of sp³-hybridized carbons (Fsp3) is 0.889. The number of esters is 1. The van der Waals surface area contributed by atoms with Crippen LogP contribution >= 0.6 is 12.4 Å². The average Bonchev–Trinajstić information content (AvgIpc) is 2.18. The van der Waals surface area contributed by atoms with Crippen LogP contribution in [0.1, 0.15) is 19.3 Å². The van der Waals surface area contributed by atoms with Crippen LogP contribution in [0.2, 0.25) is 0 Å². The molecule has 2 saturated heterocycles. The van der Waals surface area contributed by atoms with Crippen molar-refractivity contribution in [1.29, 1.82) is 0 Å². The van der Waals surface area contributed by atoms with Gasteiger partial charge in [0.05, 0.1) is 13.0 Å². The van der Waals surface area contributed by atoms with E-state index in [0.29, 0.717) is 12.0 Å². The van der Waals surface area contributed by atoms with Gasteiger partial charge in [-0.15, -0.1) is 12.4 Å². The Kier molecular flexibility index (Phi) is 3.56. The van der Waals surface area contributed by atoms with E-state index in [1.807, 2.05) is 0 Å². The number of halogens is 1. The summed E-state index contributed by atoms with van der Waals surface area (Å²) < 4.78 is 4.76. The third-order valence-electron chi connectivity index (χ3n) is 3.13. The highest BCUT2D eigenvalue weighted by Gasteiger charge is 2.39. The van der Waals surface area contributed by atoms with Crippen LogP contribution in [0.25, 0.3) is 0 Å². The smallest absolute Gasteiger partial charge is 0.310 e. The van der Waals surface area contributed by atoms with E-state index in [1.165, 1.54) is 13.5 Å². The van der Waals surface area contributed by atoms with Crippen molar-refractivity contribution < 1.29 is 9.53 Å². The molecular formula is C9H16ClNO2. The fourth-order valence-electron chi connectivity index (χ4n) is 2.42. The first kappa shape index (κ1) is 10.8. The van der Waals surface area contributed by atoms with Crippen LogP contribution in [-0.4, -0.2) is 25.7 Å². The summed E-state index contributed by atoms with van der Waals surface area (Å²) in [4.78, 5) is 11.3. The molecule has 3 rings (SSSR count). The molecule has 0 unspecified atom stereocenters. The van der Waals surface area contributed by atoms with Gasteiger partial charge in [0.2, 0.25) is 0 Å². The van der Waals surface area contributed by atoms with Gasteiger partial charge in [-0.3, -0.25) is 4.79 Å². The van der Waals surface area contributed by atoms with E-state index in [9.17, 15) is 4.79 Å². The van der Waals surface area contributed by atoms with Gasteiger partial charge in [-0.05, 0) is 31.7 Å². The molecule has 1 aliphatic carbocycles. The number of hydrogen-bond donors (Lipinski definition) is 1. The van der Waals surface area contributed by atoms with E-state index < -0.39 is 0 Å². The van der Waals surface area contributed by atoms with Crippen molar-refractivity contribution >= 4 is 18.4 Å². The Morgan fingerprint density at radius 2 is 2.23 bits per heavy atom. The second-order valence-corrected chi connectivity index (χ2v) is 3.82. The summed E-state index contributed by atoms with van der Waals surface area (Å²) in [5, 5.41) is 3.38. The third-order valence-corrected chi connectivity index (χ3v) is 3.13. The fourth-order valence-corrected chi connectivity index (χ4v) is 2.42. The number of carbonyl (C=O) groups is 1. The van der Waals surface area contributed by atoms with Crippen LogP contribution in [-0.2, 0) is 9.53 Å². The monoisotopic (exact) mass is 205 g/mol. The molecule has 0 radical (unpaired) electrons. The predicted octanol–water partition coefficient (Wildman–Crippen LogP) is 0.969. The Morgan fingerprint density at radius 3 is 2.62 bits per heavy atom. The number of hydrogen-bond acceptors (Lipinski definition) is 3. The molecular weight excluding hydrogens is 190 g/mol. The largest absolute Gasteiger partial charge is 0.469 e. The van der Waals surface area contributed by atoms with E-state index in [0.717, 1.165) is 19.4 Å². The zero-order chi connectivity index (χ0) is 8.55. The minimum Gasteiger partial charge on any atom is -0.469 e. The molecule has 0 aromatic heterocycles. The second-order valence-electron chi connectivity index (χ2n) is 3.82. The lowest BCUT2D eigenvalue weighted by molar-refractivity contribution is -0.149. The maximum atomic E-state index is 11.3. The minimum absolute atomic E-state index is 0. The molecule has 0 amide bonds. The highest BCUT2D eigenvalue weighted by molar-refractivity contribution is 5.85. The topological polar surface area (TPSA) is 38.3 Å². The molecule has 2 aliphatic heterocycles. The Bertz CT molecular complexity index is 190. The molecule has 2 bridgehead atoms. The van der Waals surface area contributed by atoms with Gasteiger partial charge < -0.3 is 10.1 Å². The predicted molar refractivity (Wildman–Crippen MR) is 51.9 cm³/mol. The number of rotatable bonds is 1. The highest BCUT2D eigenvalue weighted by Crippen LogP contribution is 2.34. The molecule has 13 heavy (non-hydrogen) atoms. The first-order chi connectivity index (χ1) is 5.81. The summed E-state index contributed by atoms with van der Waals surface area (Å²) in [5.41, 5.74) is 0. The molecule has 76 valence electrons.